The maximum absolute atomic E-state index is 10.8. The molecule has 0 aliphatic carbocycles. The van der Waals surface area contributed by atoms with Crippen molar-refractivity contribution in [2.75, 3.05) is 6.54 Å². The van der Waals surface area contributed by atoms with Gasteiger partial charge in [-0.15, -0.1) is 0 Å². The van der Waals surface area contributed by atoms with Gasteiger partial charge in [-0.1, -0.05) is 12.2 Å². The molecule has 0 saturated carbocycles. The number of nitrogens with zero attached hydrogens (tertiary/aromatic N) is 1. The molecule has 1 amide bonds. The first-order chi connectivity index (χ1) is 6.74. The first-order valence-corrected chi connectivity index (χ1v) is 4.35. The second kappa shape index (κ2) is 5.14. The maximum Gasteiger partial charge on any atom is 0.250 e. The van der Waals surface area contributed by atoms with E-state index in [0.29, 0.717) is 12.1 Å². The number of primary amides is 1. The fourth-order valence-electron chi connectivity index (χ4n) is 0.999. The van der Waals surface area contributed by atoms with Crippen LogP contribution in [-0.4, -0.2) is 17.4 Å². The molecule has 4 N–H and O–H groups in total. The van der Waals surface area contributed by atoms with Gasteiger partial charge in [0.1, 0.15) is 0 Å². The molecule has 0 atom stereocenters. The van der Waals surface area contributed by atoms with Gasteiger partial charge in [0.2, 0.25) is 5.91 Å². The van der Waals surface area contributed by atoms with Crippen LogP contribution < -0.4 is 11.5 Å². The molecular formula is C10H13N3O. The van der Waals surface area contributed by atoms with Gasteiger partial charge in [-0.3, -0.25) is 9.78 Å². The Labute approximate surface area is 82.6 Å². The van der Waals surface area contributed by atoms with Gasteiger partial charge in [-0.05, 0) is 24.6 Å². The van der Waals surface area contributed by atoms with Crippen molar-refractivity contribution >= 4 is 12.0 Å². The number of hydrogen-bond donors (Lipinski definition) is 2. The Morgan fingerprint density at radius 3 is 2.93 bits per heavy atom. The summed E-state index contributed by atoms with van der Waals surface area (Å²) in [5, 5.41) is 0. The van der Waals surface area contributed by atoms with Gasteiger partial charge in [0.05, 0.1) is 5.56 Å². The SMILES string of the molecule is NCCC=Cc1cncc(C(N)=O)c1. The number of hydrogen-bond acceptors (Lipinski definition) is 3. The predicted octanol–water partition coefficient (Wildman–Crippen LogP) is 0.543. The Bertz CT molecular complexity index is 347. The lowest BCUT2D eigenvalue weighted by Gasteiger charge is -1.96. The number of carbonyl (C=O) groups excluding carboxylic acids is 1. The molecule has 0 bridgehead atoms. The molecule has 0 spiro atoms. The minimum absolute atomic E-state index is 0.417. The minimum Gasteiger partial charge on any atom is -0.366 e. The van der Waals surface area contributed by atoms with Crippen LogP contribution in [0.3, 0.4) is 0 Å². The Morgan fingerprint density at radius 1 is 1.50 bits per heavy atom. The molecule has 0 aromatic carbocycles. The fourth-order valence-corrected chi connectivity index (χ4v) is 0.999. The Kier molecular flexibility index (Phi) is 3.82. The van der Waals surface area contributed by atoms with Gasteiger partial charge in [-0.2, -0.15) is 0 Å². The average molecular weight is 191 g/mol. The van der Waals surface area contributed by atoms with E-state index in [4.69, 9.17) is 11.5 Å². The fraction of sp³-hybridized carbons (Fsp3) is 0.200. The molecule has 0 aliphatic heterocycles. The van der Waals surface area contributed by atoms with Gasteiger partial charge in [0.15, 0.2) is 0 Å². The molecule has 0 unspecified atom stereocenters. The smallest absolute Gasteiger partial charge is 0.250 e. The van der Waals surface area contributed by atoms with E-state index in [1.807, 2.05) is 12.2 Å². The van der Waals surface area contributed by atoms with Crippen LogP contribution in [0.15, 0.2) is 24.5 Å². The van der Waals surface area contributed by atoms with Crippen LogP contribution in [0.5, 0.6) is 0 Å². The molecule has 0 fully saturated rings. The Morgan fingerprint density at radius 2 is 2.29 bits per heavy atom. The van der Waals surface area contributed by atoms with Gasteiger partial charge in [-0.25, -0.2) is 0 Å². The highest BCUT2D eigenvalue weighted by Gasteiger charge is 1.99. The van der Waals surface area contributed by atoms with Crippen LogP contribution in [0.25, 0.3) is 6.08 Å². The topological polar surface area (TPSA) is 82.0 Å². The standard InChI is InChI=1S/C10H13N3O/c11-4-2-1-3-8-5-9(10(12)14)7-13-6-8/h1,3,5-7H,2,4,11H2,(H2,12,14). The lowest BCUT2D eigenvalue weighted by molar-refractivity contribution is 0.1000. The molecule has 0 aliphatic rings. The van der Waals surface area contributed by atoms with Gasteiger partial charge in [0, 0.05) is 12.4 Å². The van der Waals surface area contributed by atoms with Gasteiger partial charge >= 0.3 is 0 Å². The van der Waals surface area contributed by atoms with Crippen LogP contribution in [0, 0.1) is 0 Å². The zero-order valence-corrected chi connectivity index (χ0v) is 7.81. The summed E-state index contributed by atoms with van der Waals surface area (Å²) in [7, 11) is 0. The van der Waals surface area contributed by atoms with E-state index >= 15 is 0 Å². The van der Waals surface area contributed by atoms with Crippen molar-refractivity contribution in [3.8, 4) is 0 Å². The lowest BCUT2D eigenvalue weighted by atomic mass is 10.2. The second-order valence-electron chi connectivity index (χ2n) is 2.85. The normalized spacial score (nSPS) is 10.6. The number of amides is 1. The third kappa shape index (κ3) is 2.99. The van der Waals surface area contributed by atoms with Crippen molar-refractivity contribution < 1.29 is 4.79 Å². The van der Waals surface area contributed by atoms with Crippen molar-refractivity contribution in [3.63, 3.8) is 0 Å². The minimum atomic E-state index is -0.466. The summed E-state index contributed by atoms with van der Waals surface area (Å²) in [6.45, 7) is 0.611. The summed E-state index contributed by atoms with van der Waals surface area (Å²) in [5.74, 6) is -0.466. The highest BCUT2D eigenvalue weighted by atomic mass is 16.1. The van der Waals surface area contributed by atoms with Gasteiger partial charge in [0.25, 0.3) is 0 Å². The van der Waals surface area contributed by atoms with E-state index in [0.717, 1.165) is 12.0 Å². The summed E-state index contributed by atoms with van der Waals surface area (Å²) in [4.78, 5) is 14.7. The summed E-state index contributed by atoms with van der Waals surface area (Å²) in [6.07, 6.45) is 7.72. The first-order valence-electron chi connectivity index (χ1n) is 4.35. The van der Waals surface area contributed by atoms with Crippen molar-refractivity contribution in [1.29, 1.82) is 0 Å². The van der Waals surface area contributed by atoms with E-state index in [1.54, 1.807) is 12.3 Å². The number of nitrogens with two attached hydrogens (primary N) is 2. The summed E-state index contributed by atoms with van der Waals surface area (Å²) in [6, 6.07) is 1.70. The van der Waals surface area contributed by atoms with E-state index in [9.17, 15) is 4.79 Å². The summed E-state index contributed by atoms with van der Waals surface area (Å²) >= 11 is 0. The quantitative estimate of drug-likeness (QED) is 0.728. The number of pyridine rings is 1. The first kappa shape index (κ1) is 10.4. The molecule has 0 radical (unpaired) electrons. The maximum atomic E-state index is 10.8. The monoisotopic (exact) mass is 191 g/mol. The molecule has 1 aromatic rings. The Hall–Kier alpha value is -1.68. The van der Waals surface area contributed by atoms with Crippen LogP contribution in [0.1, 0.15) is 22.3 Å². The highest BCUT2D eigenvalue weighted by molar-refractivity contribution is 5.92. The highest BCUT2D eigenvalue weighted by Crippen LogP contribution is 2.04. The zero-order chi connectivity index (χ0) is 10.4. The molecule has 74 valence electrons. The molecule has 1 heterocycles. The molecule has 0 saturated heterocycles. The van der Waals surface area contributed by atoms with Crippen molar-refractivity contribution in [2.24, 2.45) is 11.5 Å². The third-order valence-electron chi connectivity index (χ3n) is 1.69. The molecule has 14 heavy (non-hydrogen) atoms. The second-order valence-corrected chi connectivity index (χ2v) is 2.85. The van der Waals surface area contributed by atoms with Crippen LogP contribution in [0.4, 0.5) is 0 Å². The van der Waals surface area contributed by atoms with E-state index < -0.39 is 5.91 Å². The zero-order valence-electron chi connectivity index (χ0n) is 7.81. The van der Waals surface area contributed by atoms with Crippen molar-refractivity contribution in [3.05, 3.63) is 35.7 Å². The van der Waals surface area contributed by atoms with E-state index in [-0.39, 0.29) is 0 Å². The predicted molar refractivity (Wildman–Crippen MR) is 55.5 cm³/mol. The number of rotatable bonds is 4. The van der Waals surface area contributed by atoms with Crippen LogP contribution in [-0.2, 0) is 0 Å². The Balaban J connectivity index is 2.78. The van der Waals surface area contributed by atoms with E-state index in [1.165, 1.54) is 6.20 Å². The number of aromatic nitrogens is 1. The van der Waals surface area contributed by atoms with Crippen LogP contribution >= 0.6 is 0 Å². The molecule has 1 aromatic heterocycles. The van der Waals surface area contributed by atoms with Crippen molar-refractivity contribution in [1.82, 2.24) is 4.98 Å². The molecular weight excluding hydrogens is 178 g/mol. The average Bonchev–Trinajstić information content (AvgIpc) is 2.19. The summed E-state index contributed by atoms with van der Waals surface area (Å²) in [5.41, 5.74) is 11.7. The third-order valence-corrected chi connectivity index (χ3v) is 1.69. The number of carbonyl (C=O) groups is 1. The van der Waals surface area contributed by atoms with Crippen LogP contribution in [0.2, 0.25) is 0 Å². The van der Waals surface area contributed by atoms with Gasteiger partial charge < -0.3 is 11.5 Å². The summed E-state index contributed by atoms with van der Waals surface area (Å²) < 4.78 is 0. The lowest BCUT2D eigenvalue weighted by Crippen LogP contribution is -2.11. The largest absolute Gasteiger partial charge is 0.366 e. The molecule has 1 rings (SSSR count). The van der Waals surface area contributed by atoms with E-state index in [2.05, 4.69) is 4.98 Å². The molecule has 4 nitrogen and oxygen atoms in total. The van der Waals surface area contributed by atoms with Crippen molar-refractivity contribution in [2.45, 2.75) is 6.42 Å². The molecule has 4 heteroatoms.